The Morgan fingerprint density at radius 2 is 1.79 bits per heavy atom. The molecule has 3 aromatic carbocycles. The summed E-state index contributed by atoms with van der Waals surface area (Å²) in [6.45, 7) is 0. The van der Waals surface area contributed by atoms with Crippen molar-refractivity contribution >= 4 is 50.7 Å². The van der Waals surface area contributed by atoms with Crippen LogP contribution in [0.5, 0.6) is 5.75 Å². The van der Waals surface area contributed by atoms with Crippen molar-refractivity contribution in [2.45, 2.75) is 4.90 Å². The molecule has 33 heavy (non-hydrogen) atoms. The summed E-state index contributed by atoms with van der Waals surface area (Å²) in [5.41, 5.74) is 0.510. The molecular weight excluding hydrogens is 470 g/mol. The number of carbonyl (C=O) groups is 1. The third-order valence-electron chi connectivity index (χ3n) is 4.38. The minimum atomic E-state index is -3.97. The monoisotopic (exact) mass is 487 g/mol. The van der Waals surface area contributed by atoms with Gasteiger partial charge in [-0.15, -0.1) is 0 Å². The van der Waals surface area contributed by atoms with Gasteiger partial charge in [-0.1, -0.05) is 23.7 Å². The molecule has 0 aromatic heterocycles. The number of halogens is 1. The molecular formula is C22H18ClN3O6S. The first-order chi connectivity index (χ1) is 15.7. The molecule has 0 saturated carbocycles. The summed E-state index contributed by atoms with van der Waals surface area (Å²) in [6, 6.07) is 16.0. The van der Waals surface area contributed by atoms with Crippen molar-refractivity contribution in [3.63, 3.8) is 0 Å². The van der Waals surface area contributed by atoms with Gasteiger partial charge in [0.05, 0.1) is 28.2 Å². The maximum atomic E-state index is 12.8. The minimum absolute atomic E-state index is 0.105. The van der Waals surface area contributed by atoms with Crippen molar-refractivity contribution in [1.29, 1.82) is 0 Å². The van der Waals surface area contributed by atoms with Gasteiger partial charge in [-0.05, 0) is 54.6 Å². The normalized spacial score (nSPS) is 11.2. The Kier molecular flexibility index (Phi) is 7.31. The molecule has 0 fully saturated rings. The maximum Gasteiger partial charge on any atom is 0.276 e. The van der Waals surface area contributed by atoms with Crippen molar-refractivity contribution in [2.24, 2.45) is 0 Å². The van der Waals surface area contributed by atoms with E-state index in [2.05, 4.69) is 10.0 Å². The molecule has 3 aromatic rings. The predicted molar refractivity (Wildman–Crippen MR) is 126 cm³/mol. The zero-order chi connectivity index (χ0) is 24.0. The molecule has 3 rings (SSSR count). The van der Waals surface area contributed by atoms with Gasteiger partial charge in [0.1, 0.15) is 5.75 Å². The lowest BCUT2D eigenvalue weighted by atomic mass is 10.1. The molecule has 0 bridgehead atoms. The van der Waals surface area contributed by atoms with Gasteiger partial charge in [0.25, 0.3) is 15.7 Å². The van der Waals surface area contributed by atoms with Crippen LogP contribution in [-0.2, 0) is 14.8 Å². The van der Waals surface area contributed by atoms with E-state index in [1.54, 1.807) is 18.2 Å². The van der Waals surface area contributed by atoms with Gasteiger partial charge in [-0.25, -0.2) is 8.42 Å². The molecule has 9 nitrogen and oxygen atoms in total. The molecule has 11 heteroatoms. The second-order valence-electron chi connectivity index (χ2n) is 6.61. The van der Waals surface area contributed by atoms with E-state index in [9.17, 15) is 23.3 Å². The number of carbonyl (C=O) groups excluding carboxylic acids is 1. The van der Waals surface area contributed by atoms with Gasteiger partial charge in [-0.3, -0.25) is 19.6 Å². The van der Waals surface area contributed by atoms with E-state index < -0.39 is 20.9 Å². The highest BCUT2D eigenvalue weighted by Crippen LogP contribution is 2.29. The lowest BCUT2D eigenvalue weighted by molar-refractivity contribution is -0.385. The highest BCUT2D eigenvalue weighted by Gasteiger charge is 2.18. The van der Waals surface area contributed by atoms with Crippen LogP contribution in [0.25, 0.3) is 6.08 Å². The maximum absolute atomic E-state index is 12.8. The Balaban J connectivity index is 1.83. The molecule has 0 spiro atoms. The predicted octanol–water partition coefficient (Wildman–Crippen LogP) is 4.71. The van der Waals surface area contributed by atoms with Crippen molar-refractivity contribution in [3.05, 3.63) is 93.5 Å². The summed E-state index contributed by atoms with van der Waals surface area (Å²) in [6.07, 6.45) is 2.40. The molecule has 0 saturated heterocycles. The van der Waals surface area contributed by atoms with Gasteiger partial charge in [0.15, 0.2) is 0 Å². The summed E-state index contributed by atoms with van der Waals surface area (Å²) >= 11 is 5.82. The number of anilines is 2. The van der Waals surface area contributed by atoms with Crippen molar-refractivity contribution in [3.8, 4) is 5.75 Å². The van der Waals surface area contributed by atoms with Gasteiger partial charge < -0.3 is 10.1 Å². The SMILES string of the molecule is COc1ccc(S(=O)(=O)Nc2ccc(Cl)cc2)cc1NC(=O)C=Cc1ccccc1[N+](=O)[O-]. The van der Waals surface area contributed by atoms with E-state index in [0.717, 1.165) is 6.08 Å². The van der Waals surface area contributed by atoms with Crippen LogP contribution in [0.2, 0.25) is 5.02 Å². The Morgan fingerprint density at radius 1 is 1.09 bits per heavy atom. The number of para-hydroxylation sites is 1. The zero-order valence-corrected chi connectivity index (χ0v) is 18.8. The van der Waals surface area contributed by atoms with E-state index in [1.807, 2.05) is 0 Å². The Labute approximate surface area is 194 Å². The van der Waals surface area contributed by atoms with Crippen LogP contribution >= 0.6 is 11.6 Å². The number of nitro benzene ring substituents is 1. The third kappa shape index (κ3) is 6.09. The number of nitrogens with one attached hydrogen (secondary N) is 2. The van der Waals surface area contributed by atoms with Crippen molar-refractivity contribution in [2.75, 3.05) is 17.1 Å². The number of benzene rings is 3. The molecule has 2 N–H and O–H groups in total. The number of amides is 1. The number of rotatable bonds is 8. The molecule has 0 aliphatic carbocycles. The molecule has 0 heterocycles. The Hall–Kier alpha value is -3.89. The van der Waals surface area contributed by atoms with Crippen LogP contribution in [0, 0.1) is 10.1 Å². The van der Waals surface area contributed by atoms with Gasteiger partial charge in [0, 0.05) is 22.9 Å². The lowest BCUT2D eigenvalue weighted by Crippen LogP contribution is -2.14. The van der Waals surface area contributed by atoms with Crippen LogP contribution in [0.3, 0.4) is 0 Å². The molecule has 0 unspecified atom stereocenters. The second-order valence-corrected chi connectivity index (χ2v) is 8.73. The van der Waals surface area contributed by atoms with Gasteiger partial charge >= 0.3 is 0 Å². The highest BCUT2D eigenvalue weighted by molar-refractivity contribution is 7.92. The summed E-state index contributed by atoms with van der Waals surface area (Å²) in [5, 5.41) is 14.1. The number of hydrogen-bond acceptors (Lipinski definition) is 6. The number of ether oxygens (including phenoxy) is 1. The summed E-state index contributed by atoms with van der Waals surface area (Å²) < 4.78 is 33.1. The molecule has 0 aliphatic heterocycles. The fraction of sp³-hybridized carbons (Fsp3) is 0.0455. The smallest absolute Gasteiger partial charge is 0.276 e. The first-order valence-electron chi connectivity index (χ1n) is 9.38. The number of nitrogens with zero attached hydrogens (tertiary/aromatic N) is 1. The van der Waals surface area contributed by atoms with Crippen LogP contribution in [0.1, 0.15) is 5.56 Å². The summed E-state index contributed by atoms with van der Waals surface area (Å²) in [4.78, 5) is 22.9. The van der Waals surface area contributed by atoms with Gasteiger partial charge in [0.2, 0.25) is 5.91 Å². The number of methoxy groups -OCH3 is 1. The van der Waals surface area contributed by atoms with E-state index in [1.165, 1.54) is 61.7 Å². The molecule has 0 radical (unpaired) electrons. The van der Waals surface area contributed by atoms with E-state index in [4.69, 9.17) is 16.3 Å². The van der Waals surface area contributed by atoms with Crippen LogP contribution in [-0.4, -0.2) is 26.4 Å². The number of nitro groups is 1. The second kappa shape index (κ2) is 10.2. The van der Waals surface area contributed by atoms with Crippen LogP contribution in [0.15, 0.2) is 77.7 Å². The zero-order valence-electron chi connectivity index (χ0n) is 17.2. The third-order valence-corrected chi connectivity index (χ3v) is 6.01. The quantitative estimate of drug-likeness (QED) is 0.269. The number of hydrogen-bond donors (Lipinski definition) is 2. The Morgan fingerprint density at radius 3 is 2.45 bits per heavy atom. The fourth-order valence-corrected chi connectivity index (χ4v) is 4.03. The van der Waals surface area contributed by atoms with Crippen LogP contribution in [0.4, 0.5) is 17.1 Å². The molecule has 0 atom stereocenters. The summed E-state index contributed by atoms with van der Waals surface area (Å²) in [5.74, 6) is -0.403. The first-order valence-corrected chi connectivity index (χ1v) is 11.2. The first kappa shape index (κ1) is 23.8. The average molecular weight is 488 g/mol. The molecule has 170 valence electrons. The van der Waals surface area contributed by atoms with Crippen LogP contribution < -0.4 is 14.8 Å². The minimum Gasteiger partial charge on any atom is -0.495 e. The topological polar surface area (TPSA) is 128 Å². The molecule has 1 amide bonds. The van der Waals surface area contributed by atoms with Gasteiger partial charge in [-0.2, -0.15) is 0 Å². The van der Waals surface area contributed by atoms with E-state index >= 15 is 0 Å². The fourth-order valence-electron chi connectivity index (χ4n) is 2.82. The van der Waals surface area contributed by atoms with E-state index in [-0.39, 0.29) is 27.6 Å². The number of sulfonamides is 1. The summed E-state index contributed by atoms with van der Waals surface area (Å²) in [7, 11) is -2.60. The molecule has 0 aliphatic rings. The van der Waals surface area contributed by atoms with E-state index in [0.29, 0.717) is 10.7 Å². The largest absolute Gasteiger partial charge is 0.495 e. The van der Waals surface area contributed by atoms with Crippen molar-refractivity contribution in [1.82, 2.24) is 0 Å². The Bertz CT molecular complexity index is 1320. The standard InChI is InChI=1S/C22H18ClN3O6S/c1-32-21-12-11-18(33(30,31)25-17-9-7-16(23)8-10-17)14-19(21)24-22(27)13-6-15-4-2-3-5-20(15)26(28)29/h2-14,25H,1H3,(H,24,27). The van der Waals surface area contributed by atoms with Crippen molar-refractivity contribution < 1.29 is 22.9 Å². The average Bonchev–Trinajstić information content (AvgIpc) is 2.79. The lowest BCUT2D eigenvalue weighted by Gasteiger charge is -2.13. The highest BCUT2D eigenvalue weighted by atomic mass is 35.5.